The van der Waals surface area contributed by atoms with Crippen LogP contribution in [0.2, 0.25) is 0 Å². The maximum atomic E-state index is 13.1. The Morgan fingerprint density at radius 3 is 2.72 bits per heavy atom. The molecule has 0 fully saturated rings. The second-order valence-electron chi connectivity index (χ2n) is 8.51. The number of nitrogens with zero attached hydrogens (tertiary/aromatic N) is 1. The summed E-state index contributed by atoms with van der Waals surface area (Å²) in [6.07, 6.45) is 0.0245. The van der Waals surface area contributed by atoms with Gasteiger partial charge in [-0.15, -0.1) is 0 Å². The van der Waals surface area contributed by atoms with E-state index in [1.54, 1.807) is 30.0 Å². The number of para-hydroxylation sites is 1. The van der Waals surface area contributed by atoms with Crippen LogP contribution in [-0.2, 0) is 16.1 Å². The highest BCUT2D eigenvalue weighted by Gasteiger charge is 2.40. The van der Waals surface area contributed by atoms with Crippen molar-refractivity contribution in [3.63, 3.8) is 0 Å². The summed E-state index contributed by atoms with van der Waals surface area (Å²) in [5.41, 5.74) is 1.19. The highest BCUT2D eigenvalue weighted by atomic mass is 127. The molecule has 1 aliphatic carbocycles. The fourth-order valence-electron chi connectivity index (χ4n) is 4.30. The third-order valence-corrected chi connectivity index (χ3v) is 7.02. The molecule has 2 aliphatic rings. The molecule has 0 radical (unpaired) electrons. The lowest BCUT2D eigenvalue weighted by Gasteiger charge is -2.40. The predicted octanol–water partition coefficient (Wildman–Crippen LogP) is 2.37. The van der Waals surface area contributed by atoms with Gasteiger partial charge in [-0.3, -0.25) is 9.59 Å². The van der Waals surface area contributed by atoms with Crippen molar-refractivity contribution < 1.29 is 34.0 Å². The van der Waals surface area contributed by atoms with Crippen LogP contribution in [0, 0.1) is 3.57 Å². The third-order valence-electron chi connectivity index (χ3n) is 6.13. The van der Waals surface area contributed by atoms with E-state index in [4.69, 9.17) is 19.3 Å². The minimum absolute atomic E-state index is 0.0975. The number of carbonyl (C=O) groups excluding carboxylic acids is 2. The van der Waals surface area contributed by atoms with Crippen LogP contribution in [0.25, 0.3) is 0 Å². The molecule has 0 bridgehead atoms. The normalized spacial score (nSPS) is 20.4. The van der Waals surface area contributed by atoms with Crippen molar-refractivity contribution in [1.29, 1.82) is 0 Å². The Balaban J connectivity index is 1.65. The van der Waals surface area contributed by atoms with Gasteiger partial charge in [0.05, 0.1) is 16.2 Å². The Labute approximate surface area is 223 Å². The van der Waals surface area contributed by atoms with E-state index >= 15 is 0 Å². The van der Waals surface area contributed by atoms with Crippen LogP contribution in [0.5, 0.6) is 17.2 Å². The lowest BCUT2D eigenvalue weighted by Crippen LogP contribution is -2.54. The minimum Gasteiger partial charge on any atom is -0.482 e. The van der Waals surface area contributed by atoms with Crippen molar-refractivity contribution in [3.05, 3.63) is 63.2 Å². The zero-order valence-corrected chi connectivity index (χ0v) is 22.0. The number of aliphatic hydroxyl groups excluding tert-OH is 2. The molecule has 2 amide bonds. The van der Waals surface area contributed by atoms with Gasteiger partial charge < -0.3 is 34.6 Å². The van der Waals surface area contributed by atoms with E-state index in [1.165, 1.54) is 0 Å². The summed E-state index contributed by atoms with van der Waals surface area (Å²) in [6, 6.07) is 12.1. The number of benzene rings is 2. The van der Waals surface area contributed by atoms with Crippen LogP contribution >= 0.6 is 22.6 Å². The summed E-state index contributed by atoms with van der Waals surface area (Å²) in [5.74, 6) is 1.27. The molecule has 2 aromatic rings. The van der Waals surface area contributed by atoms with E-state index in [-0.39, 0.29) is 51.1 Å². The number of ether oxygens (including phenoxy) is 3. The van der Waals surface area contributed by atoms with Gasteiger partial charge in [-0.2, -0.15) is 0 Å². The maximum absolute atomic E-state index is 13.1. The molecule has 0 spiro atoms. The zero-order valence-electron chi connectivity index (χ0n) is 19.9. The topological polar surface area (TPSA) is 118 Å². The van der Waals surface area contributed by atoms with Crippen LogP contribution in [0.4, 0.5) is 0 Å². The fourth-order valence-corrected chi connectivity index (χ4v) is 4.81. The molecular formula is C26H29IN2O7. The van der Waals surface area contributed by atoms with Gasteiger partial charge in [0.25, 0.3) is 0 Å². The number of hydrogen-bond acceptors (Lipinski definition) is 7. The van der Waals surface area contributed by atoms with Gasteiger partial charge in [0.15, 0.2) is 11.5 Å². The quantitative estimate of drug-likeness (QED) is 0.375. The number of carbonyl (C=O) groups is 2. The standard InChI is InChI=1S/C26H29IN2O7/c1-2-24(31)29(14-16-7-8-21-22(11-16)35-15-34-21)19-12-17(26(33)28-9-10-30)13-23(25(19)32)36-20-6-4-3-5-18(20)27/h3-8,11,13,19,23,25,30,32H,2,9-10,12,14-15H2,1H3,(H,28,33). The third kappa shape index (κ3) is 5.93. The number of nitrogens with one attached hydrogen (secondary N) is 1. The molecule has 0 aromatic heterocycles. The molecule has 10 heteroatoms. The Morgan fingerprint density at radius 2 is 1.97 bits per heavy atom. The summed E-state index contributed by atoms with van der Waals surface area (Å²) in [5, 5.41) is 23.2. The largest absolute Gasteiger partial charge is 0.482 e. The number of halogens is 1. The summed E-state index contributed by atoms with van der Waals surface area (Å²) in [4.78, 5) is 27.6. The zero-order chi connectivity index (χ0) is 25.7. The van der Waals surface area contributed by atoms with E-state index in [9.17, 15) is 14.7 Å². The van der Waals surface area contributed by atoms with Crippen LogP contribution in [-0.4, -0.2) is 65.1 Å². The van der Waals surface area contributed by atoms with Crippen LogP contribution in [0.15, 0.2) is 54.1 Å². The van der Waals surface area contributed by atoms with Crippen LogP contribution in [0.3, 0.4) is 0 Å². The van der Waals surface area contributed by atoms with E-state index in [0.717, 1.165) is 9.13 Å². The van der Waals surface area contributed by atoms with Crippen LogP contribution in [0.1, 0.15) is 25.3 Å². The first-order valence-corrected chi connectivity index (χ1v) is 12.9. The molecule has 1 aliphatic heterocycles. The highest BCUT2D eigenvalue weighted by molar-refractivity contribution is 14.1. The first-order chi connectivity index (χ1) is 17.4. The number of hydrogen-bond donors (Lipinski definition) is 3. The number of rotatable bonds is 9. The van der Waals surface area contributed by atoms with Gasteiger partial charge in [0.2, 0.25) is 18.6 Å². The fraction of sp³-hybridized carbons (Fsp3) is 0.385. The van der Waals surface area contributed by atoms with Gasteiger partial charge in [0.1, 0.15) is 18.0 Å². The van der Waals surface area contributed by atoms with E-state index in [1.807, 2.05) is 30.3 Å². The molecular weight excluding hydrogens is 579 g/mol. The van der Waals surface area contributed by atoms with Crippen molar-refractivity contribution >= 4 is 34.4 Å². The smallest absolute Gasteiger partial charge is 0.247 e. The second-order valence-corrected chi connectivity index (χ2v) is 9.67. The highest BCUT2D eigenvalue weighted by Crippen LogP contribution is 2.34. The van der Waals surface area contributed by atoms with Crippen molar-refractivity contribution in [3.8, 4) is 17.2 Å². The molecule has 9 nitrogen and oxygen atoms in total. The van der Waals surface area contributed by atoms with Crippen LogP contribution < -0.4 is 19.5 Å². The first-order valence-electron chi connectivity index (χ1n) is 11.8. The van der Waals surface area contributed by atoms with E-state index in [0.29, 0.717) is 22.8 Å². The van der Waals surface area contributed by atoms with Crippen molar-refractivity contribution in [2.24, 2.45) is 0 Å². The van der Waals surface area contributed by atoms with Crippen molar-refractivity contribution in [2.45, 2.75) is 44.6 Å². The number of aliphatic hydroxyl groups is 2. The van der Waals surface area contributed by atoms with Crippen molar-refractivity contribution in [2.75, 3.05) is 19.9 Å². The molecule has 0 saturated heterocycles. The summed E-state index contributed by atoms with van der Waals surface area (Å²) in [6.45, 7) is 2.02. The van der Waals surface area contributed by atoms with Gasteiger partial charge in [-0.05, 0) is 58.5 Å². The van der Waals surface area contributed by atoms with E-state index in [2.05, 4.69) is 27.9 Å². The van der Waals surface area contributed by atoms with Crippen molar-refractivity contribution in [1.82, 2.24) is 10.2 Å². The number of amides is 2. The van der Waals surface area contributed by atoms with Gasteiger partial charge in [-0.1, -0.05) is 25.1 Å². The summed E-state index contributed by atoms with van der Waals surface area (Å²) >= 11 is 2.14. The number of fused-ring (bicyclic) bond motifs is 1. The average Bonchev–Trinajstić information content (AvgIpc) is 3.36. The first kappa shape index (κ1) is 26.2. The second kappa shape index (κ2) is 11.9. The molecule has 2 aromatic carbocycles. The lowest BCUT2D eigenvalue weighted by atomic mass is 9.87. The average molecular weight is 608 g/mol. The molecule has 1 heterocycles. The lowest BCUT2D eigenvalue weighted by molar-refractivity contribution is -0.139. The predicted molar refractivity (Wildman–Crippen MR) is 140 cm³/mol. The molecule has 3 atom stereocenters. The summed E-state index contributed by atoms with van der Waals surface area (Å²) < 4.78 is 17.9. The van der Waals surface area contributed by atoms with Gasteiger partial charge in [-0.25, -0.2) is 0 Å². The molecule has 36 heavy (non-hydrogen) atoms. The summed E-state index contributed by atoms with van der Waals surface area (Å²) in [7, 11) is 0. The molecule has 192 valence electrons. The molecule has 0 saturated carbocycles. The monoisotopic (exact) mass is 608 g/mol. The minimum atomic E-state index is -1.08. The Bertz CT molecular complexity index is 1140. The molecule has 4 rings (SSSR count). The molecule has 3 N–H and O–H groups in total. The van der Waals surface area contributed by atoms with Gasteiger partial charge in [0, 0.05) is 31.5 Å². The molecule has 3 unspecified atom stereocenters. The van der Waals surface area contributed by atoms with E-state index < -0.39 is 18.2 Å². The Kier molecular flexibility index (Phi) is 8.70. The maximum Gasteiger partial charge on any atom is 0.247 e. The Hall–Kier alpha value is -2.83. The van der Waals surface area contributed by atoms with Gasteiger partial charge >= 0.3 is 0 Å². The SMILES string of the molecule is CCC(=O)N(Cc1ccc2c(c1)OCO2)C1CC(C(=O)NCCO)=CC(Oc2ccccc2I)C1O. The Morgan fingerprint density at radius 1 is 1.19 bits per heavy atom.